The SMILES string of the molecule is Cn1c(C(=O)NS(=O)(=O)N2CCCC2)cc2cc(NC(=O)[C@@H]3[C@H](C4CCCCC4)CCN3C(=O)[C@H]3CC[C@H]([C@@H](CF)NC(=O)OC(C)(C)C)CC3)ccc21. The number of anilines is 1. The van der Waals surface area contributed by atoms with Gasteiger partial charge in [0.15, 0.2) is 0 Å². The molecule has 1 aromatic carbocycles. The lowest BCUT2D eigenvalue weighted by Crippen LogP contribution is -2.50. The minimum absolute atomic E-state index is 0.0350. The Morgan fingerprint density at radius 1 is 0.907 bits per heavy atom. The molecule has 6 rings (SSSR count). The molecule has 0 unspecified atom stereocenters. The van der Waals surface area contributed by atoms with Crippen molar-refractivity contribution in [2.45, 2.75) is 116 Å². The number of ether oxygens (including phenoxy) is 1. The predicted octanol–water partition coefficient (Wildman–Crippen LogP) is 5.65. The summed E-state index contributed by atoms with van der Waals surface area (Å²) in [5.74, 6) is -1.03. The highest BCUT2D eigenvalue weighted by Crippen LogP contribution is 2.41. The molecule has 4 fully saturated rings. The summed E-state index contributed by atoms with van der Waals surface area (Å²) in [6.07, 6.45) is 9.35. The summed E-state index contributed by atoms with van der Waals surface area (Å²) in [5.41, 5.74) is 0.696. The Bertz CT molecular complexity index is 1810. The summed E-state index contributed by atoms with van der Waals surface area (Å²) in [7, 11) is -2.26. The molecule has 54 heavy (non-hydrogen) atoms. The Hall–Kier alpha value is -3.72. The van der Waals surface area contributed by atoms with Crippen LogP contribution in [-0.2, 0) is 31.6 Å². The molecule has 2 aromatic rings. The first-order chi connectivity index (χ1) is 25.6. The van der Waals surface area contributed by atoms with Gasteiger partial charge in [-0.15, -0.1) is 0 Å². The van der Waals surface area contributed by atoms with E-state index in [4.69, 9.17) is 4.74 Å². The molecule has 2 aliphatic heterocycles. The van der Waals surface area contributed by atoms with Crippen molar-refractivity contribution in [3.8, 4) is 0 Å². The Morgan fingerprint density at radius 2 is 1.59 bits per heavy atom. The van der Waals surface area contributed by atoms with Crippen LogP contribution in [0.5, 0.6) is 0 Å². The largest absolute Gasteiger partial charge is 0.444 e. The van der Waals surface area contributed by atoms with E-state index >= 15 is 0 Å². The van der Waals surface area contributed by atoms with Crippen LogP contribution in [0.25, 0.3) is 10.9 Å². The number of nitrogens with one attached hydrogen (secondary N) is 3. The predicted molar refractivity (Wildman–Crippen MR) is 204 cm³/mol. The number of hydrogen-bond acceptors (Lipinski definition) is 7. The average molecular weight is 773 g/mol. The van der Waals surface area contributed by atoms with Crippen LogP contribution in [0.3, 0.4) is 0 Å². The molecule has 298 valence electrons. The van der Waals surface area contributed by atoms with Gasteiger partial charge in [-0.05, 0) is 108 Å². The van der Waals surface area contributed by atoms with Crippen LogP contribution in [0.15, 0.2) is 24.3 Å². The van der Waals surface area contributed by atoms with Crippen molar-refractivity contribution in [1.82, 2.24) is 23.8 Å². The summed E-state index contributed by atoms with van der Waals surface area (Å²) in [5, 5.41) is 6.44. The van der Waals surface area contributed by atoms with Gasteiger partial charge in [0.25, 0.3) is 5.91 Å². The molecular weight excluding hydrogens is 716 g/mol. The van der Waals surface area contributed by atoms with Crippen molar-refractivity contribution in [1.29, 1.82) is 0 Å². The van der Waals surface area contributed by atoms with Gasteiger partial charge in [-0.2, -0.15) is 12.7 Å². The highest BCUT2D eigenvalue weighted by molar-refractivity contribution is 7.87. The Labute approximate surface area is 318 Å². The van der Waals surface area contributed by atoms with E-state index in [9.17, 15) is 32.0 Å². The maximum atomic E-state index is 14.3. The monoisotopic (exact) mass is 772 g/mol. The lowest BCUT2D eigenvalue weighted by molar-refractivity contribution is -0.142. The van der Waals surface area contributed by atoms with E-state index in [1.807, 2.05) is 0 Å². The molecule has 15 heteroatoms. The minimum atomic E-state index is -3.95. The Morgan fingerprint density at radius 3 is 2.24 bits per heavy atom. The van der Waals surface area contributed by atoms with E-state index in [0.717, 1.165) is 44.9 Å². The van der Waals surface area contributed by atoms with E-state index in [-0.39, 0.29) is 35.3 Å². The third-order valence-electron chi connectivity index (χ3n) is 12.0. The molecule has 13 nitrogen and oxygen atoms in total. The zero-order valence-electron chi connectivity index (χ0n) is 32.1. The zero-order valence-corrected chi connectivity index (χ0v) is 32.9. The summed E-state index contributed by atoms with van der Waals surface area (Å²) in [6.45, 7) is 5.81. The van der Waals surface area contributed by atoms with Crippen LogP contribution in [-0.4, -0.2) is 90.0 Å². The molecule has 4 amide bonds. The molecular formula is C39H57FN6O7S. The van der Waals surface area contributed by atoms with Crippen LogP contribution in [0.4, 0.5) is 14.9 Å². The van der Waals surface area contributed by atoms with Gasteiger partial charge in [-0.1, -0.05) is 32.1 Å². The molecule has 0 spiro atoms. The number of nitrogens with zero attached hydrogens (tertiary/aromatic N) is 3. The number of aromatic nitrogens is 1. The topological polar surface area (TPSA) is 159 Å². The Balaban J connectivity index is 1.14. The van der Waals surface area contributed by atoms with Gasteiger partial charge >= 0.3 is 16.3 Å². The Kier molecular flexibility index (Phi) is 12.3. The molecule has 0 radical (unpaired) electrons. The van der Waals surface area contributed by atoms with Crippen molar-refractivity contribution in [2.75, 3.05) is 31.6 Å². The van der Waals surface area contributed by atoms with Gasteiger partial charge in [0.1, 0.15) is 24.0 Å². The number of carbonyl (C=O) groups is 4. The van der Waals surface area contributed by atoms with Crippen LogP contribution in [0.1, 0.15) is 108 Å². The summed E-state index contributed by atoms with van der Waals surface area (Å²) < 4.78 is 50.1. The highest BCUT2D eigenvalue weighted by atomic mass is 32.2. The third kappa shape index (κ3) is 9.04. The molecule has 4 aliphatic rings. The maximum Gasteiger partial charge on any atom is 0.407 e. The zero-order chi connectivity index (χ0) is 38.8. The van der Waals surface area contributed by atoms with Gasteiger partial charge in [0, 0.05) is 49.2 Å². The first-order valence-corrected chi connectivity index (χ1v) is 21.2. The number of likely N-dealkylation sites (tertiary alicyclic amines) is 1. The summed E-state index contributed by atoms with van der Waals surface area (Å²) in [4.78, 5) is 55.8. The van der Waals surface area contributed by atoms with Gasteiger partial charge in [-0.3, -0.25) is 14.4 Å². The van der Waals surface area contributed by atoms with E-state index in [1.54, 1.807) is 61.6 Å². The number of fused-ring (bicyclic) bond motifs is 1. The number of aryl methyl sites for hydroxylation is 1. The van der Waals surface area contributed by atoms with Crippen molar-refractivity contribution in [3.05, 3.63) is 30.0 Å². The van der Waals surface area contributed by atoms with Crippen LogP contribution < -0.4 is 15.4 Å². The quantitative estimate of drug-likeness (QED) is 0.282. The van der Waals surface area contributed by atoms with Crippen LogP contribution in [0.2, 0.25) is 0 Å². The van der Waals surface area contributed by atoms with Crippen LogP contribution >= 0.6 is 0 Å². The number of amides is 4. The van der Waals surface area contributed by atoms with Crippen molar-refractivity contribution >= 4 is 50.6 Å². The van der Waals surface area contributed by atoms with Gasteiger partial charge in [0.05, 0.1) is 6.04 Å². The second-order valence-corrected chi connectivity index (χ2v) is 18.4. The smallest absolute Gasteiger partial charge is 0.407 e. The number of benzene rings is 1. The molecule has 2 saturated heterocycles. The third-order valence-corrected chi connectivity index (χ3v) is 13.5. The van der Waals surface area contributed by atoms with E-state index in [0.29, 0.717) is 67.8 Å². The maximum absolute atomic E-state index is 14.3. The highest BCUT2D eigenvalue weighted by Gasteiger charge is 2.47. The number of alkyl carbamates (subject to hydrolysis) is 1. The second-order valence-electron chi connectivity index (χ2n) is 16.7. The normalized spacial score (nSPS) is 25.0. The standard InChI is InChI=1S/C39H57FN6O7S/c1-39(2,3)53-38(50)42-31(24-40)26-12-14-27(15-13-26)37(49)46-21-18-30(25-10-6-5-7-11-25)34(46)36(48)41-29-16-17-32-28(22-29)23-33(44(32)4)35(47)43-54(51,52)45-19-8-9-20-45/h16-17,22-23,25-27,30-31,34H,5-15,18-21,24H2,1-4H3,(H,41,48)(H,42,50)(H,43,47)/t26-,27-,30-,31+,34-/m0/s1. The van der Waals surface area contributed by atoms with Gasteiger partial charge in [0.2, 0.25) is 11.8 Å². The molecule has 0 bridgehead atoms. The molecule has 3 N–H and O–H groups in total. The fourth-order valence-corrected chi connectivity index (χ4v) is 10.4. The second kappa shape index (κ2) is 16.6. The van der Waals surface area contributed by atoms with Crippen LogP contribution in [0, 0.1) is 23.7 Å². The van der Waals surface area contributed by atoms with Crippen molar-refractivity contribution in [2.24, 2.45) is 30.7 Å². The van der Waals surface area contributed by atoms with Crippen molar-refractivity contribution < 1.29 is 36.7 Å². The minimum Gasteiger partial charge on any atom is -0.444 e. The molecule has 2 saturated carbocycles. The number of halogens is 1. The molecule has 3 heterocycles. The number of hydrogen-bond donors (Lipinski definition) is 3. The van der Waals surface area contributed by atoms with E-state index in [1.165, 1.54) is 10.7 Å². The lowest BCUT2D eigenvalue weighted by Gasteiger charge is -2.37. The molecule has 3 atom stereocenters. The summed E-state index contributed by atoms with van der Waals surface area (Å²) in [6, 6.07) is 5.61. The first-order valence-electron chi connectivity index (χ1n) is 19.7. The fourth-order valence-electron chi connectivity index (χ4n) is 9.22. The lowest BCUT2D eigenvalue weighted by atomic mass is 9.76. The van der Waals surface area contributed by atoms with E-state index < -0.39 is 46.6 Å². The molecule has 2 aliphatic carbocycles. The van der Waals surface area contributed by atoms with Gasteiger partial charge in [-0.25, -0.2) is 13.9 Å². The average Bonchev–Trinajstić information content (AvgIpc) is 3.90. The number of rotatable bonds is 10. The number of alkyl halides is 1. The summed E-state index contributed by atoms with van der Waals surface area (Å²) >= 11 is 0. The number of carbonyl (C=O) groups excluding carboxylic acids is 4. The van der Waals surface area contributed by atoms with Crippen molar-refractivity contribution in [3.63, 3.8) is 0 Å². The van der Waals surface area contributed by atoms with E-state index in [2.05, 4.69) is 15.4 Å². The fraction of sp³-hybridized carbons (Fsp3) is 0.692. The first kappa shape index (κ1) is 40.0. The molecule has 1 aromatic heterocycles. The van der Waals surface area contributed by atoms with Gasteiger partial charge < -0.3 is 24.8 Å².